The zero-order chi connectivity index (χ0) is 9.26. The first-order valence-electron chi connectivity index (χ1n) is 3.47. The van der Waals surface area contributed by atoms with Crippen molar-refractivity contribution in [3.63, 3.8) is 0 Å². The van der Waals surface area contributed by atoms with Gasteiger partial charge in [-0.05, 0) is 22.0 Å². The monoisotopic (exact) mass is 258 g/mol. The molecule has 0 bridgehead atoms. The third-order valence-corrected chi connectivity index (χ3v) is 3.03. The molecule has 66 valence electrons. The normalized spacial score (nSPS) is 10.3. The van der Waals surface area contributed by atoms with E-state index in [0.717, 1.165) is 9.61 Å². The van der Waals surface area contributed by atoms with E-state index in [2.05, 4.69) is 25.9 Å². The molecule has 0 N–H and O–H groups in total. The maximum absolute atomic E-state index is 12.8. The van der Waals surface area contributed by atoms with Crippen LogP contribution in [0.3, 0.4) is 0 Å². The van der Waals surface area contributed by atoms with E-state index in [0.29, 0.717) is 5.56 Å². The number of nitrogens with zero attached hydrogens (tertiary/aromatic N) is 2. The third kappa shape index (κ3) is 1.92. The zero-order valence-corrected chi connectivity index (χ0v) is 8.77. The van der Waals surface area contributed by atoms with Crippen molar-refractivity contribution in [2.75, 3.05) is 0 Å². The summed E-state index contributed by atoms with van der Waals surface area (Å²) in [7, 11) is 0. The standard InChI is InChI=1S/C8H4BrFN2S/c9-7-4-13-8(12-7)5-1-6(10)3-11-2-5/h1-4H. The Hall–Kier alpha value is -0.810. The van der Waals surface area contributed by atoms with Gasteiger partial charge in [-0.2, -0.15) is 0 Å². The van der Waals surface area contributed by atoms with Gasteiger partial charge in [-0.3, -0.25) is 4.98 Å². The fraction of sp³-hybridized carbons (Fsp3) is 0. The van der Waals surface area contributed by atoms with E-state index in [1.807, 2.05) is 5.38 Å². The van der Waals surface area contributed by atoms with Crippen molar-refractivity contribution in [2.45, 2.75) is 0 Å². The van der Waals surface area contributed by atoms with Crippen LogP contribution < -0.4 is 0 Å². The maximum atomic E-state index is 12.8. The van der Waals surface area contributed by atoms with E-state index in [4.69, 9.17) is 0 Å². The third-order valence-electron chi connectivity index (χ3n) is 1.43. The quantitative estimate of drug-likeness (QED) is 0.786. The molecule has 0 aliphatic heterocycles. The van der Waals surface area contributed by atoms with Crippen molar-refractivity contribution in [2.24, 2.45) is 0 Å². The van der Waals surface area contributed by atoms with Gasteiger partial charge in [0, 0.05) is 17.1 Å². The molecule has 13 heavy (non-hydrogen) atoms. The second-order valence-electron chi connectivity index (χ2n) is 2.37. The van der Waals surface area contributed by atoms with E-state index in [1.54, 1.807) is 6.20 Å². The summed E-state index contributed by atoms with van der Waals surface area (Å²) >= 11 is 4.68. The van der Waals surface area contributed by atoms with Crippen molar-refractivity contribution in [3.05, 3.63) is 34.3 Å². The van der Waals surface area contributed by atoms with Crippen molar-refractivity contribution < 1.29 is 4.39 Å². The van der Waals surface area contributed by atoms with Gasteiger partial charge in [0.05, 0.1) is 6.20 Å². The molecule has 2 aromatic rings. The Bertz CT molecular complexity index is 430. The highest BCUT2D eigenvalue weighted by molar-refractivity contribution is 9.10. The van der Waals surface area contributed by atoms with Gasteiger partial charge >= 0.3 is 0 Å². The van der Waals surface area contributed by atoms with E-state index in [1.165, 1.54) is 23.6 Å². The summed E-state index contributed by atoms with van der Waals surface area (Å²) in [6, 6.07) is 1.41. The lowest BCUT2D eigenvalue weighted by molar-refractivity contribution is 0.622. The number of hydrogen-bond acceptors (Lipinski definition) is 3. The second kappa shape index (κ2) is 3.51. The summed E-state index contributed by atoms with van der Waals surface area (Å²) < 4.78 is 13.5. The first-order valence-corrected chi connectivity index (χ1v) is 5.15. The molecule has 0 fully saturated rings. The first-order chi connectivity index (χ1) is 6.25. The minimum absolute atomic E-state index is 0.344. The molecule has 5 heteroatoms. The van der Waals surface area contributed by atoms with Crippen LogP contribution in [-0.4, -0.2) is 9.97 Å². The Labute approximate surface area is 86.6 Å². The van der Waals surface area contributed by atoms with Gasteiger partial charge in [-0.25, -0.2) is 9.37 Å². The van der Waals surface area contributed by atoms with Gasteiger partial charge in [0.25, 0.3) is 0 Å². The summed E-state index contributed by atoms with van der Waals surface area (Å²) in [5.41, 5.74) is 0.704. The molecule has 2 aromatic heterocycles. The SMILES string of the molecule is Fc1cncc(-c2nc(Br)cs2)c1. The highest BCUT2D eigenvalue weighted by Crippen LogP contribution is 2.25. The summed E-state index contributed by atoms with van der Waals surface area (Å²) in [6.45, 7) is 0. The number of hydrogen-bond donors (Lipinski definition) is 0. The lowest BCUT2D eigenvalue weighted by Gasteiger charge is -1.93. The molecule has 0 aromatic carbocycles. The summed E-state index contributed by atoms with van der Waals surface area (Å²) in [4.78, 5) is 7.90. The van der Waals surface area contributed by atoms with Gasteiger partial charge < -0.3 is 0 Å². The minimum atomic E-state index is -0.344. The van der Waals surface area contributed by atoms with Gasteiger partial charge in [0.15, 0.2) is 0 Å². The van der Waals surface area contributed by atoms with Crippen molar-refractivity contribution in [3.8, 4) is 10.6 Å². The van der Waals surface area contributed by atoms with Crippen LogP contribution in [0.25, 0.3) is 10.6 Å². The Kier molecular flexibility index (Phi) is 2.37. The smallest absolute Gasteiger partial charge is 0.142 e. The summed E-state index contributed by atoms with van der Waals surface area (Å²) in [5, 5.41) is 2.61. The van der Waals surface area contributed by atoms with Crippen molar-refractivity contribution in [1.82, 2.24) is 9.97 Å². The fourth-order valence-corrected chi connectivity index (χ4v) is 2.15. The predicted octanol–water partition coefficient (Wildman–Crippen LogP) is 3.11. The Morgan fingerprint density at radius 1 is 1.38 bits per heavy atom. The predicted molar refractivity (Wildman–Crippen MR) is 53.0 cm³/mol. The minimum Gasteiger partial charge on any atom is -0.261 e. The zero-order valence-electron chi connectivity index (χ0n) is 6.37. The molecule has 0 aliphatic rings. The average molecular weight is 259 g/mol. The van der Waals surface area contributed by atoms with E-state index < -0.39 is 0 Å². The molecule has 0 unspecified atom stereocenters. The van der Waals surface area contributed by atoms with E-state index >= 15 is 0 Å². The van der Waals surface area contributed by atoms with Crippen LogP contribution in [0, 0.1) is 5.82 Å². The molecule has 0 spiro atoms. The molecule has 2 heterocycles. The average Bonchev–Trinajstić information content (AvgIpc) is 2.52. The largest absolute Gasteiger partial charge is 0.261 e. The van der Waals surface area contributed by atoms with E-state index in [-0.39, 0.29) is 5.82 Å². The van der Waals surface area contributed by atoms with Crippen molar-refractivity contribution in [1.29, 1.82) is 0 Å². The van der Waals surface area contributed by atoms with Crippen LogP contribution in [0.4, 0.5) is 4.39 Å². The number of thiazole rings is 1. The number of rotatable bonds is 1. The van der Waals surface area contributed by atoms with Crippen LogP contribution in [-0.2, 0) is 0 Å². The highest BCUT2D eigenvalue weighted by atomic mass is 79.9. The lowest BCUT2D eigenvalue weighted by atomic mass is 10.3. The van der Waals surface area contributed by atoms with E-state index in [9.17, 15) is 4.39 Å². The summed E-state index contributed by atoms with van der Waals surface area (Å²) in [5.74, 6) is -0.344. The molecule has 0 amide bonds. The van der Waals surface area contributed by atoms with Gasteiger partial charge in [-0.15, -0.1) is 11.3 Å². The molecule has 0 radical (unpaired) electrons. The Morgan fingerprint density at radius 2 is 2.23 bits per heavy atom. The second-order valence-corrected chi connectivity index (χ2v) is 4.04. The fourth-order valence-electron chi connectivity index (χ4n) is 0.916. The maximum Gasteiger partial charge on any atom is 0.142 e. The van der Waals surface area contributed by atoms with Crippen molar-refractivity contribution >= 4 is 27.3 Å². The lowest BCUT2D eigenvalue weighted by Crippen LogP contribution is -1.81. The molecular formula is C8H4BrFN2S. The van der Waals surface area contributed by atoms with Gasteiger partial charge in [-0.1, -0.05) is 0 Å². The molecule has 0 atom stereocenters. The molecule has 0 aliphatic carbocycles. The number of aromatic nitrogens is 2. The summed E-state index contributed by atoms with van der Waals surface area (Å²) in [6.07, 6.45) is 2.76. The molecule has 0 saturated carbocycles. The molecule has 2 rings (SSSR count). The van der Waals surface area contributed by atoms with Crippen LogP contribution >= 0.6 is 27.3 Å². The number of halogens is 2. The molecular weight excluding hydrogens is 255 g/mol. The Morgan fingerprint density at radius 3 is 2.85 bits per heavy atom. The van der Waals surface area contributed by atoms with Crippen LogP contribution in [0.2, 0.25) is 0 Å². The topological polar surface area (TPSA) is 25.8 Å². The molecule has 0 saturated heterocycles. The van der Waals surface area contributed by atoms with Crippen LogP contribution in [0.1, 0.15) is 0 Å². The first kappa shape index (κ1) is 8.77. The number of pyridine rings is 1. The Balaban J connectivity index is 2.46. The van der Waals surface area contributed by atoms with Crippen LogP contribution in [0.5, 0.6) is 0 Å². The highest BCUT2D eigenvalue weighted by Gasteiger charge is 2.03. The van der Waals surface area contributed by atoms with Gasteiger partial charge in [0.1, 0.15) is 15.4 Å². The van der Waals surface area contributed by atoms with Crippen LogP contribution in [0.15, 0.2) is 28.4 Å². The molecule has 2 nitrogen and oxygen atoms in total. The van der Waals surface area contributed by atoms with Gasteiger partial charge in [0.2, 0.25) is 0 Å².